The van der Waals surface area contributed by atoms with Gasteiger partial charge in [0.25, 0.3) is 0 Å². The highest BCUT2D eigenvalue weighted by Crippen LogP contribution is 2.31. The number of hydrogen-bond acceptors (Lipinski definition) is 5. The molecular formula is C28H32N6O3. The van der Waals surface area contributed by atoms with Gasteiger partial charge in [-0.1, -0.05) is 18.2 Å². The molecule has 2 amide bonds. The van der Waals surface area contributed by atoms with Gasteiger partial charge in [0.2, 0.25) is 0 Å². The number of carbonyl (C=O) groups is 1. The van der Waals surface area contributed by atoms with E-state index in [1.54, 1.807) is 29.5 Å². The first-order chi connectivity index (χ1) is 17.9. The Bertz CT molecular complexity index is 1540. The molecule has 2 aliphatic rings. The van der Waals surface area contributed by atoms with Gasteiger partial charge in [0.05, 0.1) is 35.9 Å². The van der Waals surface area contributed by atoms with Crippen molar-refractivity contribution < 1.29 is 9.53 Å². The predicted octanol–water partition coefficient (Wildman–Crippen LogP) is 3.51. The third-order valence-corrected chi connectivity index (χ3v) is 8.05. The maximum atomic E-state index is 13.0. The van der Waals surface area contributed by atoms with Gasteiger partial charge in [-0.2, -0.15) is 0 Å². The lowest BCUT2D eigenvalue weighted by Crippen LogP contribution is -2.39. The first-order valence-electron chi connectivity index (χ1n) is 12.8. The Morgan fingerprint density at radius 2 is 1.89 bits per heavy atom. The van der Waals surface area contributed by atoms with Crippen LogP contribution in [0.15, 0.2) is 53.5 Å². The molecule has 1 N–H and O–H groups in total. The maximum Gasteiger partial charge on any atom is 0.328 e. The lowest BCUT2D eigenvalue weighted by Gasteiger charge is -2.28. The number of amides is 2. The van der Waals surface area contributed by atoms with E-state index in [4.69, 9.17) is 4.74 Å². The number of likely N-dealkylation sites (tertiary alicyclic amines) is 2. The van der Waals surface area contributed by atoms with Crippen LogP contribution < -0.4 is 11.0 Å². The van der Waals surface area contributed by atoms with Gasteiger partial charge in [-0.25, -0.2) is 9.59 Å². The van der Waals surface area contributed by atoms with Gasteiger partial charge in [0.15, 0.2) is 0 Å². The van der Waals surface area contributed by atoms with Crippen LogP contribution in [0.25, 0.3) is 33.1 Å². The molecule has 2 saturated heterocycles. The van der Waals surface area contributed by atoms with Crippen LogP contribution in [0.5, 0.6) is 0 Å². The lowest BCUT2D eigenvalue weighted by molar-refractivity contribution is 0.187. The van der Waals surface area contributed by atoms with Crippen LogP contribution in [0.1, 0.15) is 12.8 Å². The highest BCUT2D eigenvalue weighted by atomic mass is 16.5. The summed E-state index contributed by atoms with van der Waals surface area (Å²) in [6.45, 7) is 2.76. The number of benzene rings is 2. The molecule has 2 bridgehead atoms. The molecule has 6 rings (SSSR count). The molecule has 0 spiro atoms. The molecule has 0 unspecified atom stereocenters. The van der Waals surface area contributed by atoms with Gasteiger partial charge in [-0.05, 0) is 55.3 Å². The number of imidazole rings is 1. The van der Waals surface area contributed by atoms with E-state index in [1.165, 1.54) is 0 Å². The number of ether oxygens (including phenoxy) is 1. The Kier molecular flexibility index (Phi) is 5.97. The van der Waals surface area contributed by atoms with E-state index in [0.717, 1.165) is 64.7 Å². The first kappa shape index (κ1) is 23.7. The molecule has 0 radical (unpaired) electrons. The molecule has 2 aromatic heterocycles. The predicted molar refractivity (Wildman–Crippen MR) is 145 cm³/mol. The van der Waals surface area contributed by atoms with E-state index in [1.807, 2.05) is 41.3 Å². The van der Waals surface area contributed by atoms with Gasteiger partial charge >= 0.3 is 11.7 Å². The zero-order chi connectivity index (χ0) is 25.7. The fraction of sp³-hybridized carbons (Fsp3) is 0.393. The quantitative estimate of drug-likeness (QED) is 0.453. The number of rotatable bonds is 5. The van der Waals surface area contributed by atoms with Gasteiger partial charge in [0.1, 0.15) is 0 Å². The van der Waals surface area contributed by atoms with Gasteiger partial charge in [-0.15, -0.1) is 0 Å². The molecule has 192 valence electrons. The molecule has 9 heteroatoms. The number of aryl methyl sites for hydroxylation is 1. The molecule has 2 aliphatic heterocycles. The normalized spacial score (nSPS) is 19.7. The third-order valence-electron chi connectivity index (χ3n) is 8.05. The Labute approximate surface area is 215 Å². The molecule has 2 atom stereocenters. The summed E-state index contributed by atoms with van der Waals surface area (Å²) in [6.07, 6.45) is 3.85. The molecule has 37 heavy (non-hydrogen) atoms. The highest BCUT2D eigenvalue weighted by Gasteiger charge is 2.40. The maximum absolute atomic E-state index is 13.0. The van der Waals surface area contributed by atoms with E-state index in [0.29, 0.717) is 25.2 Å². The van der Waals surface area contributed by atoms with Gasteiger partial charge < -0.3 is 19.9 Å². The van der Waals surface area contributed by atoms with Crippen molar-refractivity contribution >= 4 is 33.7 Å². The summed E-state index contributed by atoms with van der Waals surface area (Å²) >= 11 is 0. The van der Waals surface area contributed by atoms with Crippen LogP contribution >= 0.6 is 0 Å². The number of anilines is 1. The molecule has 2 fully saturated rings. The summed E-state index contributed by atoms with van der Waals surface area (Å²) in [4.78, 5) is 34.8. The fourth-order valence-corrected chi connectivity index (χ4v) is 5.86. The SMILES string of the molecule is COCCn1c(=O)n(C)c2cnc3ccc(-c4ccc(NC(=O)N5C[C@@H]6C[C@H]5CCN6C)cc4)cc3c21. The van der Waals surface area contributed by atoms with Crippen molar-refractivity contribution in [1.29, 1.82) is 0 Å². The number of hydrogen-bond donors (Lipinski definition) is 1. The van der Waals surface area contributed by atoms with Gasteiger partial charge in [0, 0.05) is 50.4 Å². The molecule has 0 aliphatic carbocycles. The smallest absolute Gasteiger partial charge is 0.328 e. The highest BCUT2D eigenvalue weighted by molar-refractivity contribution is 6.04. The number of piperidine rings is 1. The number of nitrogens with one attached hydrogen (secondary N) is 1. The Morgan fingerprint density at radius 3 is 2.65 bits per heavy atom. The number of carbonyl (C=O) groups excluding carboxylic acids is 1. The average Bonchev–Trinajstić information content (AvgIpc) is 3.40. The third kappa shape index (κ3) is 4.08. The van der Waals surface area contributed by atoms with Crippen LogP contribution in [0.2, 0.25) is 0 Å². The van der Waals surface area contributed by atoms with Crippen molar-refractivity contribution in [3.8, 4) is 11.1 Å². The number of methoxy groups -OCH3 is 1. The largest absolute Gasteiger partial charge is 0.383 e. The van der Waals surface area contributed by atoms with E-state index in [2.05, 4.69) is 28.3 Å². The summed E-state index contributed by atoms with van der Waals surface area (Å²) < 4.78 is 8.63. The van der Waals surface area contributed by atoms with Crippen LogP contribution in [0.4, 0.5) is 10.5 Å². The second-order valence-corrected chi connectivity index (χ2v) is 10.2. The topological polar surface area (TPSA) is 84.6 Å². The Morgan fingerprint density at radius 1 is 1.11 bits per heavy atom. The minimum atomic E-state index is -0.0829. The van der Waals surface area contributed by atoms with E-state index < -0.39 is 0 Å². The summed E-state index contributed by atoms with van der Waals surface area (Å²) in [6, 6.07) is 14.8. The minimum absolute atomic E-state index is 0.0205. The second kappa shape index (κ2) is 9.32. The van der Waals surface area contributed by atoms with E-state index in [-0.39, 0.29) is 11.7 Å². The zero-order valence-electron chi connectivity index (χ0n) is 21.5. The van der Waals surface area contributed by atoms with Gasteiger partial charge in [-0.3, -0.25) is 14.1 Å². The molecule has 4 heterocycles. The molecule has 0 saturated carbocycles. The number of nitrogens with zero attached hydrogens (tertiary/aromatic N) is 5. The molecular weight excluding hydrogens is 468 g/mol. The van der Waals surface area contributed by atoms with Crippen LogP contribution in [-0.2, 0) is 18.3 Å². The van der Waals surface area contributed by atoms with Crippen molar-refractivity contribution in [3.63, 3.8) is 0 Å². The summed E-state index contributed by atoms with van der Waals surface area (Å²) in [5, 5.41) is 4.01. The fourth-order valence-electron chi connectivity index (χ4n) is 5.86. The van der Waals surface area contributed by atoms with Crippen molar-refractivity contribution in [2.75, 3.05) is 39.2 Å². The van der Waals surface area contributed by atoms with Crippen LogP contribution in [-0.4, -0.2) is 75.9 Å². The Balaban J connectivity index is 1.28. The zero-order valence-corrected chi connectivity index (χ0v) is 21.5. The molecule has 9 nitrogen and oxygen atoms in total. The summed E-state index contributed by atoms with van der Waals surface area (Å²) in [7, 11) is 5.55. The monoisotopic (exact) mass is 500 g/mol. The van der Waals surface area contributed by atoms with E-state index >= 15 is 0 Å². The number of pyridine rings is 1. The van der Waals surface area contributed by atoms with Crippen molar-refractivity contribution in [1.82, 2.24) is 23.9 Å². The van der Waals surface area contributed by atoms with Crippen LogP contribution in [0.3, 0.4) is 0 Å². The number of aromatic nitrogens is 3. The number of urea groups is 1. The first-order valence-corrected chi connectivity index (χ1v) is 12.8. The number of fused-ring (bicyclic) bond motifs is 5. The molecule has 2 aromatic carbocycles. The second-order valence-electron chi connectivity index (χ2n) is 10.2. The summed E-state index contributed by atoms with van der Waals surface area (Å²) in [5.41, 5.74) is 5.23. The number of likely N-dealkylation sites (N-methyl/N-ethyl adjacent to an activating group) is 1. The summed E-state index contributed by atoms with van der Waals surface area (Å²) in [5.74, 6) is 0. The van der Waals surface area contributed by atoms with E-state index in [9.17, 15) is 9.59 Å². The average molecular weight is 501 g/mol. The van der Waals surface area contributed by atoms with Crippen molar-refractivity contribution in [3.05, 3.63) is 59.1 Å². The minimum Gasteiger partial charge on any atom is -0.383 e. The van der Waals surface area contributed by atoms with Crippen molar-refractivity contribution in [2.45, 2.75) is 31.5 Å². The van der Waals surface area contributed by atoms with Crippen LogP contribution in [0, 0.1) is 0 Å². The van der Waals surface area contributed by atoms with Crippen molar-refractivity contribution in [2.24, 2.45) is 7.05 Å². The molecule has 4 aromatic rings. The Hall–Kier alpha value is -3.69. The standard InChI is InChI=1S/C28H32N6O3/c1-31-11-10-21-15-22(31)17-34(21)27(35)30-20-7-4-18(5-8-20)19-6-9-24-23(14-19)26-25(16-29-24)32(2)28(36)33(26)12-13-37-3/h4-9,14,16,21-22H,10-13,15,17H2,1-3H3,(H,30,35)/t21-,22+/m1/s1. The lowest BCUT2D eigenvalue weighted by atomic mass is 10.0.